The van der Waals surface area contributed by atoms with Gasteiger partial charge >= 0.3 is 5.97 Å². The fourth-order valence-corrected chi connectivity index (χ4v) is 3.29. The molecular formula is C16H22O2. The van der Waals surface area contributed by atoms with Gasteiger partial charge in [0.1, 0.15) is 0 Å². The van der Waals surface area contributed by atoms with E-state index < -0.39 is 5.97 Å². The van der Waals surface area contributed by atoms with E-state index in [1.54, 1.807) is 0 Å². The Morgan fingerprint density at radius 3 is 2.33 bits per heavy atom. The smallest absolute Gasteiger partial charge is 0.306 e. The Hall–Kier alpha value is -1.31. The molecule has 0 saturated heterocycles. The van der Waals surface area contributed by atoms with E-state index >= 15 is 0 Å². The molecule has 1 unspecified atom stereocenters. The van der Waals surface area contributed by atoms with E-state index in [-0.39, 0.29) is 5.92 Å². The zero-order valence-corrected chi connectivity index (χ0v) is 11.0. The SMILES string of the molecule is CCC(C(=O)O)C1CCC(c2ccccc2)CC1. The van der Waals surface area contributed by atoms with Crippen molar-refractivity contribution in [3.8, 4) is 0 Å². The van der Waals surface area contributed by atoms with Crippen LogP contribution in [0.2, 0.25) is 0 Å². The van der Waals surface area contributed by atoms with Crippen molar-refractivity contribution in [1.29, 1.82) is 0 Å². The van der Waals surface area contributed by atoms with Crippen LogP contribution in [0.1, 0.15) is 50.5 Å². The van der Waals surface area contributed by atoms with Crippen LogP contribution < -0.4 is 0 Å². The van der Waals surface area contributed by atoms with Crippen molar-refractivity contribution < 1.29 is 9.90 Å². The van der Waals surface area contributed by atoms with Crippen LogP contribution in [0.5, 0.6) is 0 Å². The summed E-state index contributed by atoms with van der Waals surface area (Å²) in [5.41, 5.74) is 1.42. The Kier molecular flexibility index (Phi) is 4.40. The van der Waals surface area contributed by atoms with Crippen molar-refractivity contribution in [1.82, 2.24) is 0 Å². The van der Waals surface area contributed by atoms with Crippen LogP contribution in [0.4, 0.5) is 0 Å². The first-order chi connectivity index (χ1) is 8.72. The molecule has 2 heteroatoms. The lowest BCUT2D eigenvalue weighted by atomic mass is 9.73. The highest BCUT2D eigenvalue weighted by Crippen LogP contribution is 2.39. The molecule has 1 aromatic rings. The van der Waals surface area contributed by atoms with Gasteiger partial charge in [0.05, 0.1) is 5.92 Å². The summed E-state index contributed by atoms with van der Waals surface area (Å²) in [6.45, 7) is 1.99. The van der Waals surface area contributed by atoms with Crippen LogP contribution in [-0.2, 0) is 4.79 Å². The van der Waals surface area contributed by atoms with Gasteiger partial charge in [-0.25, -0.2) is 0 Å². The first-order valence-corrected chi connectivity index (χ1v) is 7.00. The van der Waals surface area contributed by atoms with Crippen molar-refractivity contribution in [2.45, 2.75) is 44.9 Å². The van der Waals surface area contributed by atoms with Gasteiger partial charge in [-0.15, -0.1) is 0 Å². The molecule has 0 heterocycles. The van der Waals surface area contributed by atoms with Crippen LogP contribution >= 0.6 is 0 Å². The topological polar surface area (TPSA) is 37.3 Å². The van der Waals surface area contributed by atoms with Crippen LogP contribution in [0.25, 0.3) is 0 Å². The summed E-state index contributed by atoms with van der Waals surface area (Å²) in [7, 11) is 0. The average molecular weight is 246 g/mol. The van der Waals surface area contributed by atoms with Gasteiger partial charge in [-0.1, -0.05) is 37.3 Å². The number of carboxylic acid groups (broad SMARTS) is 1. The van der Waals surface area contributed by atoms with Crippen LogP contribution in [-0.4, -0.2) is 11.1 Å². The third kappa shape index (κ3) is 2.92. The maximum absolute atomic E-state index is 11.2. The molecule has 1 aliphatic carbocycles. The number of aliphatic carboxylic acids is 1. The maximum Gasteiger partial charge on any atom is 0.306 e. The number of carboxylic acids is 1. The van der Waals surface area contributed by atoms with E-state index in [2.05, 4.69) is 24.3 Å². The Bertz CT molecular complexity index is 377. The van der Waals surface area contributed by atoms with Gasteiger partial charge in [0.25, 0.3) is 0 Å². The van der Waals surface area contributed by atoms with Crippen molar-refractivity contribution in [2.24, 2.45) is 11.8 Å². The molecule has 2 rings (SSSR count). The summed E-state index contributed by atoms with van der Waals surface area (Å²) in [5, 5.41) is 9.21. The second-order valence-electron chi connectivity index (χ2n) is 5.38. The summed E-state index contributed by atoms with van der Waals surface area (Å²) in [4.78, 5) is 11.2. The first-order valence-electron chi connectivity index (χ1n) is 7.00. The summed E-state index contributed by atoms with van der Waals surface area (Å²) in [6.07, 6.45) is 5.15. The van der Waals surface area contributed by atoms with Crippen molar-refractivity contribution in [3.05, 3.63) is 35.9 Å². The lowest BCUT2D eigenvalue weighted by molar-refractivity contribution is -0.144. The molecule has 1 N–H and O–H groups in total. The van der Waals surface area contributed by atoms with E-state index in [1.807, 2.05) is 13.0 Å². The quantitative estimate of drug-likeness (QED) is 0.869. The number of hydrogen-bond donors (Lipinski definition) is 1. The molecule has 2 nitrogen and oxygen atoms in total. The van der Waals surface area contributed by atoms with E-state index in [4.69, 9.17) is 0 Å². The predicted molar refractivity (Wildman–Crippen MR) is 72.6 cm³/mol. The van der Waals surface area contributed by atoms with Gasteiger partial charge in [-0.2, -0.15) is 0 Å². The zero-order chi connectivity index (χ0) is 13.0. The average Bonchev–Trinajstić information content (AvgIpc) is 2.41. The van der Waals surface area contributed by atoms with Crippen LogP contribution in [0.15, 0.2) is 30.3 Å². The second kappa shape index (κ2) is 6.03. The summed E-state index contributed by atoms with van der Waals surface area (Å²) < 4.78 is 0. The summed E-state index contributed by atoms with van der Waals surface area (Å²) in [5.74, 6) is 0.267. The first kappa shape index (κ1) is 13.1. The minimum atomic E-state index is -0.610. The molecule has 98 valence electrons. The normalized spacial score (nSPS) is 25.6. The highest BCUT2D eigenvalue weighted by molar-refractivity contribution is 5.70. The summed E-state index contributed by atoms with van der Waals surface area (Å²) in [6, 6.07) is 10.6. The lowest BCUT2D eigenvalue weighted by Crippen LogP contribution is -2.26. The number of benzene rings is 1. The number of rotatable bonds is 4. The Morgan fingerprint density at radius 1 is 1.22 bits per heavy atom. The van der Waals surface area contributed by atoms with Crippen molar-refractivity contribution in [3.63, 3.8) is 0 Å². The van der Waals surface area contributed by atoms with E-state index in [1.165, 1.54) is 5.56 Å². The predicted octanol–water partition coefficient (Wildman–Crippen LogP) is 4.07. The molecule has 1 aromatic carbocycles. The fourth-order valence-electron chi connectivity index (χ4n) is 3.29. The largest absolute Gasteiger partial charge is 0.481 e. The fraction of sp³-hybridized carbons (Fsp3) is 0.562. The monoisotopic (exact) mass is 246 g/mol. The van der Waals surface area contributed by atoms with Gasteiger partial charge in [0.2, 0.25) is 0 Å². The molecule has 0 amide bonds. The van der Waals surface area contributed by atoms with Gasteiger partial charge < -0.3 is 5.11 Å². The number of carbonyl (C=O) groups is 1. The molecule has 0 aromatic heterocycles. The highest BCUT2D eigenvalue weighted by atomic mass is 16.4. The molecule has 18 heavy (non-hydrogen) atoms. The zero-order valence-electron chi connectivity index (χ0n) is 11.0. The van der Waals surface area contributed by atoms with Gasteiger partial charge in [-0.3, -0.25) is 4.79 Å². The summed E-state index contributed by atoms with van der Waals surface area (Å²) >= 11 is 0. The van der Waals surface area contributed by atoms with E-state index in [0.29, 0.717) is 11.8 Å². The van der Waals surface area contributed by atoms with Crippen LogP contribution in [0, 0.1) is 11.8 Å². The van der Waals surface area contributed by atoms with Gasteiger partial charge in [-0.05, 0) is 49.5 Å². The van der Waals surface area contributed by atoms with E-state index in [9.17, 15) is 9.90 Å². The molecule has 1 saturated carbocycles. The molecule has 0 bridgehead atoms. The second-order valence-corrected chi connectivity index (χ2v) is 5.38. The third-order valence-electron chi connectivity index (χ3n) is 4.37. The number of hydrogen-bond acceptors (Lipinski definition) is 1. The molecule has 0 aliphatic heterocycles. The lowest BCUT2D eigenvalue weighted by Gasteiger charge is -2.31. The molecule has 0 radical (unpaired) electrons. The van der Waals surface area contributed by atoms with Gasteiger partial charge in [0.15, 0.2) is 0 Å². The molecule has 1 atom stereocenters. The minimum Gasteiger partial charge on any atom is -0.481 e. The van der Waals surface area contributed by atoms with Crippen molar-refractivity contribution in [2.75, 3.05) is 0 Å². The Balaban J connectivity index is 1.94. The Morgan fingerprint density at radius 2 is 1.83 bits per heavy atom. The molecule has 1 fully saturated rings. The van der Waals surface area contributed by atoms with Crippen LogP contribution in [0.3, 0.4) is 0 Å². The maximum atomic E-state index is 11.2. The molecule has 1 aliphatic rings. The minimum absolute atomic E-state index is 0.137. The van der Waals surface area contributed by atoms with Crippen molar-refractivity contribution >= 4 is 5.97 Å². The third-order valence-corrected chi connectivity index (χ3v) is 4.37. The highest BCUT2D eigenvalue weighted by Gasteiger charge is 2.30. The van der Waals surface area contributed by atoms with Gasteiger partial charge in [0, 0.05) is 0 Å². The standard InChI is InChI=1S/C16H22O2/c1-2-15(16(17)18)14-10-8-13(9-11-14)12-6-4-3-5-7-12/h3-7,13-15H,2,8-11H2,1H3,(H,17,18). The molecular weight excluding hydrogens is 224 g/mol. The van der Waals surface area contributed by atoms with E-state index in [0.717, 1.165) is 32.1 Å². The Labute approximate surface area is 109 Å². The molecule has 0 spiro atoms.